The van der Waals surface area contributed by atoms with Gasteiger partial charge in [0.15, 0.2) is 0 Å². The van der Waals surface area contributed by atoms with Crippen LogP contribution in [0.1, 0.15) is 19.4 Å². The minimum Gasteiger partial charge on any atom is -0.330 e. The lowest BCUT2D eigenvalue weighted by molar-refractivity contribution is 0.438. The molecule has 0 radical (unpaired) electrons. The van der Waals surface area contributed by atoms with Gasteiger partial charge in [-0.15, -0.1) is 11.8 Å². The normalized spacial score (nSPS) is 11.8. The second kappa shape index (κ2) is 4.99. The highest BCUT2D eigenvalue weighted by Gasteiger charge is 2.15. The van der Waals surface area contributed by atoms with Crippen LogP contribution in [0.5, 0.6) is 0 Å². The summed E-state index contributed by atoms with van der Waals surface area (Å²) >= 11 is 1.73. The summed E-state index contributed by atoms with van der Waals surface area (Å²) in [5.74, 6) is 0.812. The first-order valence-corrected chi connectivity index (χ1v) is 6.02. The molecule has 0 heterocycles. The molecule has 0 unspecified atom stereocenters. The van der Waals surface area contributed by atoms with Crippen LogP contribution in [0.4, 0.5) is 4.39 Å². The summed E-state index contributed by atoms with van der Waals surface area (Å²) in [7, 11) is 0. The van der Waals surface area contributed by atoms with E-state index >= 15 is 0 Å². The van der Waals surface area contributed by atoms with Crippen LogP contribution in [0.15, 0.2) is 23.1 Å². The van der Waals surface area contributed by atoms with E-state index in [9.17, 15) is 4.39 Å². The molecule has 1 aromatic rings. The summed E-state index contributed by atoms with van der Waals surface area (Å²) < 4.78 is 13.0. The maximum atomic E-state index is 13.0. The van der Waals surface area contributed by atoms with E-state index < -0.39 is 0 Å². The highest BCUT2D eigenvalue weighted by molar-refractivity contribution is 7.99. The van der Waals surface area contributed by atoms with Gasteiger partial charge in [0.25, 0.3) is 0 Å². The Hall–Kier alpha value is -0.540. The Morgan fingerprint density at radius 3 is 2.60 bits per heavy atom. The van der Waals surface area contributed by atoms with Crippen molar-refractivity contribution >= 4 is 11.8 Å². The minimum absolute atomic E-state index is 0.132. The third-order valence-electron chi connectivity index (χ3n) is 2.31. The van der Waals surface area contributed by atoms with Crippen LogP contribution < -0.4 is 5.73 Å². The van der Waals surface area contributed by atoms with Gasteiger partial charge in [0, 0.05) is 10.6 Å². The fourth-order valence-corrected chi connectivity index (χ4v) is 2.14. The number of aryl methyl sites for hydroxylation is 1. The average molecular weight is 227 g/mol. The van der Waals surface area contributed by atoms with E-state index in [0.29, 0.717) is 12.1 Å². The van der Waals surface area contributed by atoms with E-state index in [2.05, 4.69) is 13.8 Å². The number of thioether (sulfide) groups is 1. The van der Waals surface area contributed by atoms with E-state index in [4.69, 9.17) is 5.73 Å². The first-order valence-electron chi connectivity index (χ1n) is 5.04. The van der Waals surface area contributed by atoms with Crippen LogP contribution in [0.25, 0.3) is 0 Å². The molecule has 0 aliphatic carbocycles. The van der Waals surface area contributed by atoms with Gasteiger partial charge in [0.1, 0.15) is 5.82 Å². The number of benzene rings is 1. The van der Waals surface area contributed by atoms with Crippen molar-refractivity contribution in [2.75, 3.05) is 12.3 Å². The van der Waals surface area contributed by atoms with Crippen molar-refractivity contribution in [1.29, 1.82) is 0 Å². The van der Waals surface area contributed by atoms with Crippen molar-refractivity contribution in [3.8, 4) is 0 Å². The Bertz CT molecular complexity index is 336. The summed E-state index contributed by atoms with van der Waals surface area (Å²) in [5.41, 5.74) is 6.48. The zero-order valence-electron chi connectivity index (χ0n) is 9.51. The molecule has 0 fully saturated rings. The van der Waals surface area contributed by atoms with Crippen LogP contribution in [0.2, 0.25) is 0 Å². The highest BCUT2D eigenvalue weighted by atomic mass is 32.2. The van der Waals surface area contributed by atoms with Crippen molar-refractivity contribution in [2.45, 2.75) is 25.7 Å². The minimum atomic E-state index is -0.141. The quantitative estimate of drug-likeness (QED) is 0.799. The van der Waals surface area contributed by atoms with Gasteiger partial charge < -0.3 is 5.73 Å². The van der Waals surface area contributed by atoms with E-state index in [0.717, 1.165) is 10.6 Å². The van der Waals surface area contributed by atoms with Crippen LogP contribution in [0.3, 0.4) is 0 Å². The Morgan fingerprint density at radius 2 is 2.07 bits per heavy atom. The number of hydrogen-bond donors (Lipinski definition) is 1. The second-order valence-electron chi connectivity index (χ2n) is 4.57. The lowest BCUT2D eigenvalue weighted by atomic mass is 9.97. The molecule has 3 heteroatoms. The zero-order valence-corrected chi connectivity index (χ0v) is 10.3. The molecule has 0 aromatic heterocycles. The van der Waals surface area contributed by atoms with Gasteiger partial charge in [0.2, 0.25) is 0 Å². The lowest BCUT2D eigenvalue weighted by Gasteiger charge is -2.21. The lowest BCUT2D eigenvalue weighted by Crippen LogP contribution is -2.25. The molecule has 1 rings (SSSR count). The van der Waals surface area contributed by atoms with Gasteiger partial charge in [-0.2, -0.15) is 0 Å². The molecular formula is C12H18FNS. The number of hydrogen-bond acceptors (Lipinski definition) is 2. The standard InChI is InChI=1S/C12H18FNS/c1-9-6-10(4-5-11(9)13)15-8-12(2,3)7-14/h4-6H,7-8,14H2,1-3H3. The topological polar surface area (TPSA) is 26.0 Å². The largest absolute Gasteiger partial charge is 0.330 e. The van der Waals surface area contributed by atoms with Crippen molar-refractivity contribution in [3.63, 3.8) is 0 Å². The molecule has 0 saturated carbocycles. The molecule has 0 amide bonds. The Kier molecular flexibility index (Phi) is 4.17. The molecule has 2 N–H and O–H groups in total. The van der Waals surface area contributed by atoms with E-state index in [1.807, 2.05) is 12.1 Å². The molecule has 15 heavy (non-hydrogen) atoms. The molecule has 84 valence electrons. The van der Waals surface area contributed by atoms with Gasteiger partial charge in [-0.1, -0.05) is 13.8 Å². The molecule has 0 aliphatic rings. The Labute approximate surface area is 95.2 Å². The summed E-state index contributed by atoms with van der Waals surface area (Å²) in [4.78, 5) is 1.11. The molecule has 1 aromatic carbocycles. The molecule has 0 atom stereocenters. The second-order valence-corrected chi connectivity index (χ2v) is 5.62. The average Bonchev–Trinajstić information content (AvgIpc) is 2.20. The molecule has 0 bridgehead atoms. The van der Waals surface area contributed by atoms with Crippen LogP contribution in [0, 0.1) is 18.2 Å². The third-order valence-corrected chi connectivity index (χ3v) is 3.82. The maximum absolute atomic E-state index is 13.0. The van der Waals surface area contributed by atoms with E-state index in [1.165, 1.54) is 6.07 Å². The van der Waals surface area contributed by atoms with Crippen molar-refractivity contribution < 1.29 is 4.39 Å². The number of nitrogens with two attached hydrogens (primary N) is 1. The molecule has 0 spiro atoms. The first-order chi connectivity index (χ1) is 6.94. The van der Waals surface area contributed by atoms with Crippen LogP contribution in [-0.2, 0) is 0 Å². The van der Waals surface area contributed by atoms with Crippen molar-refractivity contribution in [2.24, 2.45) is 11.1 Å². The zero-order chi connectivity index (χ0) is 11.5. The van der Waals surface area contributed by atoms with E-state index in [-0.39, 0.29) is 11.2 Å². The number of rotatable bonds is 4. The molecule has 0 aliphatic heterocycles. The van der Waals surface area contributed by atoms with Crippen molar-refractivity contribution in [3.05, 3.63) is 29.6 Å². The fourth-order valence-electron chi connectivity index (χ4n) is 1.04. The van der Waals surface area contributed by atoms with Gasteiger partial charge in [0.05, 0.1) is 0 Å². The SMILES string of the molecule is Cc1cc(SCC(C)(C)CN)ccc1F. The molecular weight excluding hydrogens is 209 g/mol. The first kappa shape index (κ1) is 12.5. The van der Waals surface area contributed by atoms with Gasteiger partial charge in [-0.05, 0) is 42.6 Å². The summed E-state index contributed by atoms with van der Waals surface area (Å²) in [6.07, 6.45) is 0. The predicted molar refractivity (Wildman–Crippen MR) is 64.7 cm³/mol. The molecule has 1 nitrogen and oxygen atoms in total. The fraction of sp³-hybridized carbons (Fsp3) is 0.500. The van der Waals surface area contributed by atoms with Crippen molar-refractivity contribution in [1.82, 2.24) is 0 Å². The maximum Gasteiger partial charge on any atom is 0.126 e. The van der Waals surface area contributed by atoms with E-state index in [1.54, 1.807) is 18.7 Å². The van der Waals surface area contributed by atoms with Gasteiger partial charge in [-0.25, -0.2) is 4.39 Å². The Balaban J connectivity index is 2.62. The van der Waals surface area contributed by atoms with Crippen LogP contribution in [-0.4, -0.2) is 12.3 Å². The van der Waals surface area contributed by atoms with Crippen LogP contribution >= 0.6 is 11.8 Å². The Morgan fingerprint density at radius 1 is 1.40 bits per heavy atom. The smallest absolute Gasteiger partial charge is 0.126 e. The molecule has 0 saturated heterocycles. The summed E-state index contributed by atoms with van der Waals surface area (Å²) in [6, 6.07) is 5.22. The summed E-state index contributed by atoms with van der Waals surface area (Å²) in [6.45, 7) is 6.72. The number of halogens is 1. The van der Waals surface area contributed by atoms with Gasteiger partial charge >= 0.3 is 0 Å². The third kappa shape index (κ3) is 3.84. The predicted octanol–water partition coefficient (Wildman–Crippen LogP) is 3.21. The highest BCUT2D eigenvalue weighted by Crippen LogP contribution is 2.27. The monoisotopic (exact) mass is 227 g/mol. The van der Waals surface area contributed by atoms with Gasteiger partial charge in [-0.3, -0.25) is 0 Å². The summed E-state index contributed by atoms with van der Waals surface area (Å²) in [5, 5.41) is 0.